The van der Waals surface area contributed by atoms with Crippen LogP contribution < -0.4 is 0 Å². The minimum Gasteiger partial charge on any atom is -0.396 e. The molecule has 1 heterocycles. The van der Waals surface area contributed by atoms with Gasteiger partial charge in [0, 0.05) is 19.7 Å². The Hall–Kier alpha value is -0.130. The summed E-state index contributed by atoms with van der Waals surface area (Å²) in [7, 11) is -3.08. The van der Waals surface area contributed by atoms with E-state index in [4.69, 9.17) is 5.11 Å². The molecule has 0 aromatic heterocycles. The largest absolute Gasteiger partial charge is 0.396 e. The molecule has 0 aromatic rings. The van der Waals surface area contributed by atoms with Gasteiger partial charge in [0.15, 0.2) is 0 Å². The number of nitrogens with zero attached hydrogens (tertiary/aromatic N) is 1. The van der Waals surface area contributed by atoms with Gasteiger partial charge >= 0.3 is 0 Å². The first-order chi connectivity index (χ1) is 8.12. The molecular weight excluding hydrogens is 238 g/mol. The molecule has 1 aliphatic carbocycles. The summed E-state index contributed by atoms with van der Waals surface area (Å²) in [5.74, 6) is 1.39. The van der Waals surface area contributed by atoms with E-state index < -0.39 is 10.0 Å². The van der Waals surface area contributed by atoms with Crippen molar-refractivity contribution in [2.24, 2.45) is 11.8 Å². The maximum atomic E-state index is 12.1. The van der Waals surface area contributed by atoms with E-state index in [-0.39, 0.29) is 12.4 Å². The van der Waals surface area contributed by atoms with Crippen molar-refractivity contribution in [3.05, 3.63) is 0 Å². The molecule has 1 N–H and O–H groups in total. The first kappa shape index (κ1) is 13.3. The minimum atomic E-state index is -3.08. The van der Waals surface area contributed by atoms with Crippen molar-refractivity contribution in [2.45, 2.75) is 38.5 Å². The number of hydrogen-bond acceptors (Lipinski definition) is 3. The second kappa shape index (κ2) is 5.67. The summed E-state index contributed by atoms with van der Waals surface area (Å²) in [6.45, 7) is 1.55. The molecule has 17 heavy (non-hydrogen) atoms. The molecule has 100 valence electrons. The molecule has 2 fully saturated rings. The number of aliphatic hydroxyl groups is 1. The number of sulfonamides is 1. The highest BCUT2D eigenvalue weighted by molar-refractivity contribution is 7.89. The standard InChI is InChI=1S/C12H23NO3S/c14-6-1-2-7-17(15,16)13-9-11-4-3-5-12(8-11)10-13/h11-12,14H,1-10H2. The number of hydrogen-bond donors (Lipinski definition) is 1. The third kappa shape index (κ3) is 3.42. The zero-order valence-electron chi connectivity index (χ0n) is 10.3. The lowest BCUT2D eigenvalue weighted by atomic mass is 9.79. The van der Waals surface area contributed by atoms with Gasteiger partial charge in [-0.25, -0.2) is 12.7 Å². The van der Waals surface area contributed by atoms with Crippen LogP contribution in [0.3, 0.4) is 0 Å². The van der Waals surface area contributed by atoms with Gasteiger partial charge in [-0.2, -0.15) is 0 Å². The molecule has 0 aromatic carbocycles. The van der Waals surface area contributed by atoms with Crippen molar-refractivity contribution in [2.75, 3.05) is 25.4 Å². The maximum absolute atomic E-state index is 12.1. The monoisotopic (exact) mass is 261 g/mol. The summed E-state index contributed by atoms with van der Waals surface area (Å²) in [5, 5.41) is 8.70. The molecule has 2 bridgehead atoms. The molecule has 2 rings (SSSR count). The van der Waals surface area contributed by atoms with Gasteiger partial charge in [-0.3, -0.25) is 0 Å². The molecule has 1 saturated heterocycles. The van der Waals surface area contributed by atoms with Crippen LogP contribution in [0.2, 0.25) is 0 Å². The second-order valence-corrected chi connectivity index (χ2v) is 7.55. The van der Waals surface area contributed by atoms with Crippen LogP contribution in [0.15, 0.2) is 0 Å². The van der Waals surface area contributed by atoms with E-state index in [9.17, 15) is 8.42 Å². The van der Waals surface area contributed by atoms with Gasteiger partial charge < -0.3 is 5.11 Å². The predicted octanol–water partition coefficient (Wildman–Crippen LogP) is 1.21. The van der Waals surface area contributed by atoms with E-state index in [1.165, 1.54) is 25.7 Å². The highest BCUT2D eigenvalue weighted by Crippen LogP contribution is 2.35. The quantitative estimate of drug-likeness (QED) is 0.757. The average molecular weight is 261 g/mol. The van der Waals surface area contributed by atoms with Crippen LogP contribution in [0.1, 0.15) is 38.5 Å². The van der Waals surface area contributed by atoms with Gasteiger partial charge in [0.1, 0.15) is 0 Å². The lowest BCUT2D eigenvalue weighted by molar-refractivity contribution is 0.144. The molecule has 4 nitrogen and oxygen atoms in total. The molecule has 2 aliphatic rings. The molecule has 0 spiro atoms. The Bertz CT molecular complexity index is 330. The van der Waals surface area contributed by atoms with Crippen molar-refractivity contribution < 1.29 is 13.5 Å². The fraction of sp³-hybridized carbons (Fsp3) is 1.00. The number of aliphatic hydroxyl groups excluding tert-OH is 1. The Morgan fingerprint density at radius 3 is 2.35 bits per heavy atom. The summed E-state index contributed by atoms with van der Waals surface area (Å²) in [4.78, 5) is 0. The predicted molar refractivity (Wildman–Crippen MR) is 67.1 cm³/mol. The number of piperidine rings is 1. The van der Waals surface area contributed by atoms with E-state index in [0.717, 1.165) is 13.1 Å². The van der Waals surface area contributed by atoms with Gasteiger partial charge in [-0.15, -0.1) is 0 Å². The summed E-state index contributed by atoms with van der Waals surface area (Å²) < 4.78 is 26.0. The highest BCUT2D eigenvalue weighted by atomic mass is 32.2. The van der Waals surface area contributed by atoms with Crippen molar-refractivity contribution >= 4 is 10.0 Å². The molecule has 0 radical (unpaired) electrons. The second-order valence-electron chi connectivity index (χ2n) is 5.46. The SMILES string of the molecule is O=S(=O)(CCCCO)N1CC2CCCC(C2)C1. The lowest BCUT2D eigenvalue weighted by Gasteiger charge is -2.40. The Balaban J connectivity index is 1.92. The number of rotatable bonds is 5. The smallest absolute Gasteiger partial charge is 0.214 e. The van der Waals surface area contributed by atoms with Gasteiger partial charge in [-0.1, -0.05) is 6.42 Å². The topological polar surface area (TPSA) is 57.6 Å². The first-order valence-electron chi connectivity index (χ1n) is 6.70. The van der Waals surface area contributed by atoms with Crippen molar-refractivity contribution in [3.63, 3.8) is 0 Å². The Labute approximate surface area is 104 Å². The maximum Gasteiger partial charge on any atom is 0.214 e. The number of fused-ring (bicyclic) bond motifs is 2. The van der Waals surface area contributed by atoms with E-state index in [0.29, 0.717) is 24.7 Å². The minimum absolute atomic E-state index is 0.0841. The van der Waals surface area contributed by atoms with E-state index in [1.54, 1.807) is 4.31 Å². The molecule has 1 saturated carbocycles. The van der Waals surface area contributed by atoms with Crippen LogP contribution >= 0.6 is 0 Å². The fourth-order valence-electron chi connectivity index (χ4n) is 3.14. The molecule has 1 aliphatic heterocycles. The summed E-state index contributed by atoms with van der Waals surface area (Å²) >= 11 is 0. The molecule has 0 amide bonds. The molecule has 5 heteroatoms. The van der Waals surface area contributed by atoms with Gasteiger partial charge in [0.05, 0.1) is 5.75 Å². The summed E-state index contributed by atoms with van der Waals surface area (Å²) in [5.41, 5.74) is 0. The zero-order chi connectivity index (χ0) is 12.3. The van der Waals surface area contributed by atoms with Gasteiger partial charge in [0.2, 0.25) is 10.0 Å². The van der Waals surface area contributed by atoms with E-state index in [1.807, 2.05) is 0 Å². The molecule has 2 atom stereocenters. The Morgan fingerprint density at radius 2 is 1.76 bits per heavy atom. The van der Waals surface area contributed by atoms with E-state index in [2.05, 4.69) is 0 Å². The van der Waals surface area contributed by atoms with Crippen molar-refractivity contribution in [1.29, 1.82) is 0 Å². The highest BCUT2D eigenvalue weighted by Gasteiger charge is 2.35. The van der Waals surface area contributed by atoms with Gasteiger partial charge in [0.25, 0.3) is 0 Å². The number of unbranched alkanes of at least 4 members (excludes halogenated alkanes) is 1. The first-order valence-corrected chi connectivity index (χ1v) is 8.31. The Kier molecular flexibility index (Phi) is 4.44. The third-order valence-corrected chi connectivity index (χ3v) is 5.91. The fourth-order valence-corrected chi connectivity index (χ4v) is 4.84. The zero-order valence-corrected chi connectivity index (χ0v) is 11.2. The van der Waals surface area contributed by atoms with Crippen LogP contribution in [0.4, 0.5) is 0 Å². The summed E-state index contributed by atoms with van der Waals surface area (Å²) in [6.07, 6.45) is 6.04. The normalized spacial score (nSPS) is 30.4. The summed E-state index contributed by atoms with van der Waals surface area (Å²) in [6, 6.07) is 0. The van der Waals surface area contributed by atoms with Gasteiger partial charge in [-0.05, 0) is 43.9 Å². The lowest BCUT2D eigenvalue weighted by Crippen LogP contribution is -2.46. The van der Waals surface area contributed by atoms with Crippen LogP contribution in [0.25, 0.3) is 0 Å². The van der Waals surface area contributed by atoms with Crippen molar-refractivity contribution in [3.8, 4) is 0 Å². The van der Waals surface area contributed by atoms with Crippen LogP contribution in [0, 0.1) is 11.8 Å². The Morgan fingerprint density at radius 1 is 1.12 bits per heavy atom. The van der Waals surface area contributed by atoms with Crippen molar-refractivity contribution in [1.82, 2.24) is 4.31 Å². The molecular formula is C12H23NO3S. The van der Waals surface area contributed by atoms with Crippen LogP contribution in [-0.4, -0.2) is 43.3 Å². The average Bonchev–Trinajstić information content (AvgIpc) is 2.28. The molecule has 2 unspecified atom stereocenters. The van der Waals surface area contributed by atoms with E-state index >= 15 is 0 Å². The van der Waals surface area contributed by atoms with Crippen LogP contribution in [0.5, 0.6) is 0 Å². The third-order valence-electron chi connectivity index (χ3n) is 4.02. The van der Waals surface area contributed by atoms with Crippen LogP contribution in [-0.2, 0) is 10.0 Å².